The van der Waals surface area contributed by atoms with Crippen molar-refractivity contribution < 1.29 is 9.26 Å². The molecule has 6 nitrogen and oxygen atoms in total. The third-order valence-corrected chi connectivity index (χ3v) is 4.54. The first kappa shape index (κ1) is 18.6. The Hall–Kier alpha value is -3.80. The normalized spacial score (nSPS) is 10.8. The van der Waals surface area contributed by atoms with Crippen molar-refractivity contribution in [3.63, 3.8) is 0 Å². The van der Waals surface area contributed by atoms with Crippen molar-refractivity contribution in [1.82, 2.24) is 9.72 Å². The lowest BCUT2D eigenvalue weighted by Gasteiger charge is -2.10. The van der Waals surface area contributed by atoms with E-state index in [0.29, 0.717) is 6.61 Å². The summed E-state index contributed by atoms with van der Waals surface area (Å²) < 4.78 is 11.8. The fourth-order valence-corrected chi connectivity index (χ4v) is 3.17. The Kier molecular flexibility index (Phi) is 5.16. The van der Waals surface area contributed by atoms with Gasteiger partial charge in [0.05, 0.1) is 6.54 Å². The van der Waals surface area contributed by atoms with Crippen molar-refractivity contribution in [3.05, 3.63) is 111 Å². The van der Waals surface area contributed by atoms with Crippen LogP contribution in [0.4, 0.5) is 0 Å². The van der Waals surface area contributed by atoms with Crippen molar-refractivity contribution >= 4 is 0 Å². The number of rotatable bonds is 6. The summed E-state index contributed by atoms with van der Waals surface area (Å²) >= 11 is 0. The van der Waals surface area contributed by atoms with E-state index in [4.69, 9.17) is 9.26 Å². The lowest BCUT2D eigenvalue weighted by Crippen LogP contribution is -2.17. The number of benzene rings is 3. The molecule has 1 N–H and O–H groups in total. The van der Waals surface area contributed by atoms with E-state index < -0.39 is 11.4 Å². The summed E-state index contributed by atoms with van der Waals surface area (Å²) in [7, 11) is 0. The van der Waals surface area contributed by atoms with Crippen molar-refractivity contribution in [3.8, 4) is 16.9 Å². The number of aromatic nitrogens is 2. The molecule has 0 unspecified atom stereocenters. The van der Waals surface area contributed by atoms with E-state index in [1.165, 1.54) is 5.56 Å². The third-order valence-electron chi connectivity index (χ3n) is 4.54. The first-order chi connectivity index (χ1) is 14.1. The molecule has 0 bridgehead atoms. The highest BCUT2D eigenvalue weighted by Gasteiger charge is 2.06. The van der Waals surface area contributed by atoms with Crippen molar-refractivity contribution in [2.75, 3.05) is 0 Å². The maximum absolute atomic E-state index is 11.7. The second-order valence-corrected chi connectivity index (χ2v) is 6.85. The first-order valence-electron chi connectivity index (χ1n) is 9.25. The van der Waals surface area contributed by atoms with Crippen molar-refractivity contribution in [2.24, 2.45) is 0 Å². The Balaban J connectivity index is 1.52. The van der Waals surface area contributed by atoms with Crippen LogP contribution < -0.4 is 16.2 Å². The highest BCUT2D eigenvalue weighted by Crippen LogP contribution is 2.25. The Labute approximate surface area is 167 Å². The monoisotopic (exact) mass is 388 g/mol. The average Bonchev–Trinajstić information content (AvgIpc) is 3.03. The van der Waals surface area contributed by atoms with Gasteiger partial charge in [0.2, 0.25) is 0 Å². The molecule has 3 aromatic carbocycles. The second kappa shape index (κ2) is 8.06. The van der Waals surface area contributed by atoms with E-state index in [0.717, 1.165) is 32.7 Å². The highest BCUT2D eigenvalue weighted by molar-refractivity contribution is 5.65. The van der Waals surface area contributed by atoms with Gasteiger partial charge < -0.3 is 9.26 Å². The quantitative estimate of drug-likeness (QED) is 0.546. The van der Waals surface area contributed by atoms with Gasteiger partial charge in [-0.3, -0.25) is 0 Å². The van der Waals surface area contributed by atoms with Crippen LogP contribution in [0.5, 0.6) is 5.75 Å². The first-order valence-corrected chi connectivity index (χ1v) is 9.25. The molecule has 1 aromatic heterocycles. The second-order valence-electron chi connectivity index (χ2n) is 6.85. The topological polar surface area (TPSA) is 77.2 Å². The summed E-state index contributed by atoms with van der Waals surface area (Å²) in [6, 6.07) is 23.8. The summed E-state index contributed by atoms with van der Waals surface area (Å²) in [4.78, 5) is 24.9. The number of H-pyrrole nitrogens is 1. The molecule has 6 heteroatoms. The average molecular weight is 388 g/mol. The minimum absolute atomic E-state index is 0.176. The van der Waals surface area contributed by atoms with Gasteiger partial charge in [0, 0.05) is 0 Å². The molecule has 0 amide bonds. The molecule has 146 valence electrons. The van der Waals surface area contributed by atoms with Gasteiger partial charge in [-0.2, -0.15) is 0 Å². The minimum Gasteiger partial charge on any atom is -0.489 e. The zero-order chi connectivity index (χ0) is 20.2. The fraction of sp³-hybridized carbons (Fsp3) is 0.130. The van der Waals surface area contributed by atoms with Gasteiger partial charge in [-0.15, -0.1) is 4.74 Å². The van der Waals surface area contributed by atoms with Crippen molar-refractivity contribution in [2.45, 2.75) is 20.1 Å². The predicted octanol–water partition coefficient (Wildman–Crippen LogP) is 3.73. The van der Waals surface area contributed by atoms with Crippen LogP contribution in [0.2, 0.25) is 0 Å². The van der Waals surface area contributed by atoms with Gasteiger partial charge >= 0.3 is 11.4 Å². The van der Waals surface area contributed by atoms with Gasteiger partial charge in [-0.25, -0.2) is 14.6 Å². The molecular weight excluding hydrogens is 368 g/mol. The van der Waals surface area contributed by atoms with Crippen LogP contribution in [0, 0.1) is 6.92 Å². The number of nitrogens with zero attached hydrogens (tertiary/aromatic N) is 1. The zero-order valence-electron chi connectivity index (χ0n) is 15.9. The molecule has 29 heavy (non-hydrogen) atoms. The Morgan fingerprint density at radius 2 is 1.62 bits per heavy atom. The summed E-state index contributed by atoms with van der Waals surface area (Å²) in [5, 5.41) is 0. The highest BCUT2D eigenvalue weighted by atomic mass is 16.5. The van der Waals surface area contributed by atoms with Crippen LogP contribution in [0.3, 0.4) is 0 Å². The van der Waals surface area contributed by atoms with E-state index in [2.05, 4.69) is 24.0 Å². The maximum Gasteiger partial charge on any atom is 0.440 e. The molecule has 4 rings (SSSR count). The lowest BCUT2D eigenvalue weighted by molar-refractivity contribution is 0.258. The lowest BCUT2D eigenvalue weighted by atomic mass is 10.0. The van der Waals surface area contributed by atoms with E-state index in [-0.39, 0.29) is 6.54 Å². The molecule has 0 aliphatic carbocycles. The van der Waals surface area contributed by atoms with Gasteiger partial charge in [0.15, 0.2) is 0 Å². The number of nitrogens with one attached hydrogen (secondary N) is 1. The maximum atomic E-state index is 11.7. The molecule has 0 aliphatic heterocycles. The van der Waals surface area contributed by atoms with E-state index >= 15 is 0 Å². The molecule has 0 radical (unpaired) electrons. The Bertz CT molecular complexity index is 1250. The molecule has 4 aromatic rings. The number of aromatic amines is 1. The number of ether oxygens (including phenoxy) is 1. The van der Waals surface area contributed by atoms with Gasteiger partial charge in [-0.05, 0) is 47.4 Å². The molecule has 0 spiro atoms. The largest absolute Gasteiger partial charge is 0.489 e. The predicted molar refractivity (Wildman–Crippen MR) is 110 cm³/mol. The molecule has 0 saturated heterocycles. The summed E-state index contributed by atoms with van der Waals surface area (Å²) in [6.45, 7) is 2.74. The number of hydrogen-bond acceptors (Lipinski definition) is 4. The van der Waals surface area contributed by atoms with Crippen LogP contribution in [0.25, 0.3) is 11.1 Å². The van der Waals surface area contributed by atoms with Crippen LogP contribution in [0.15, 0.2) is 86.9 Å². The van der Waals surface area contributed by atoms with E-state index in [1.54, 1.807) is 0 Å². The Morgan fingerprint density at radius 1 is 0.897 bits per heavy atom. The van der Waals surface area contributed by atoms with Gasteiger partial charge in [0.25, 0.3) is 0 Å². The van der Waals surface area contributed by atoms with Crippen LogP contribution in [-0.4, -0.2) is 9.72 Å². The van der Waals surface area contributed by atoms with E-state index in [1.807, 2.05) is 60.7 Å². The summed E-state index contributed by atoms with van der Waals surface area (Å²) in [5.74, 6) is 0.0203. The number of aryl methyl sites for hydroxylation is 1. The van der Waals surface area contributed by atoms with Gasteiger partial charge in [0.1, 0.15) is 12.4 Å². The third kappa shape index (κ3) is 4.55. The summed E-state index contributed by atoms with van der Waals surface area (Å²) in [6.07, 6.45) is 0. The Morgan fingerprint density at radius 3 is 2.38 bits per heavy atom. The van der Waals surface area contributed by atoms with Crippen LogP contribution in [-0.2, 0) is 13.2 Å². The molecule has 1 heterocycles. The SMILES string of the molecule is Cc1cccc(COc2cccc(-c3cccc(Cn4oc(=O)[nH]c4=O)c3)c2)c1. The van der Waals surface area contributed by atoms with Gasteiger partial charge in [-0.1, -0.05) is 60.2 Å². The minimum atomic E-state index is -0.760. The molecule has 0 aliphatic rings. The summed E-state index contributed by atoms with van der Waals surface area (Å²) in [5.41, 5.74) is 4.58. The van der Waals surface area contributed by atoms with E-state index in [9.17, 15) is 9.59 Å². The molecule has 0 saturated carbocycles. The number of hydrogen-bond donors (Lipinski definition) is 1. The van der Waals surface area contributed by atoms with Crippen LogP contribution in [0.1, 0.15) is 16.7 Å². The molecule has 0 atom stereocenters. The van der Waals surface area contributed by atoms with Crippen LogP contribution >= 0.6 is 0 Å². The fourth-order valence-electron chi connectivity index (χ4n) is 3.17. The van der Waals surface area contributed by atoms with Crippen molar-refractivity contribution in [1.29, 1.82) is 0 Å². The smallest absolute Gasteiger partial charge is 0.440 e. The zero-order valence-corrected chi connectivity index (χ0v) is 15.9. The molecule has 0 fully saturated rings. The molecular formula is C23H20N2O4. The standard InChI is InChI=1S/C23H20N2O4/c1-16-5-2-7-18(11-16)15-28-21-10-4-9-20(13-21)19-8-3-6-17(12-19)14-25-22(26)24-23(27)29-25/h2-13H,14-15H2,1H3,(H,24,26,27).